The molecule has 3 nitrogen and oxygen atoms in total. The van der Waals surface area contributed by atoms with Crippen molar-refractivity contribution < 1.29 is 9.84 Å². The number of methoxy groups -OCH3 is 1. The molecule has 0 amide bonds. The molecular weight excluding hydrogens is 345 g/mol. The number of phenolic OH excluding ortho intramolecular Hbond substituents is 1. The summed E-state index contributed by atoms with van der Waals surface area (Å²) in [6.45, 7) is 0. The first-order valence-corrected chi connectivity index (χ1v) is 8.63. The Hall–Kier alpha value is -1.84. The number of phenols is 1. The molecule has 1 aliphatic heterocycles. The number of ether oxygens (including phenoxy) is 1. The van der Waals surface area contributed by atoms with E-state index in [2.05, 4.69) is 17.5 Å². The molecule has 24 heavy (non-hydrogen) atoms. The van der Waals surface area contributed by atoms with Gasteiger partial charge in [0.1, 0.15) is 0 Å². The van der Waals surface area contributed by atoms with Crippen molar-refractivity contribution in [1.29, 1.82) is 0 Å². The average molecular weight is 362 g/mol. The fourth-order valence-corrected chi connectivity index (χ4v) is 4.53. The third-order valence-corrected chi connectivity index (χ3v) is 5.50. The van der Waals surface area contributed by atoms with Crippen LogP contribution in [0.15, 0.2) is 42.5 Å². The van der Waals surface area contributed by atoms with Crippen molar-refractivity contribution in [3.8, 4) is 11.5 Å². The van der Waals surface area contributed by atoms with Gasteiger partial charge in [-0.3, -0.25) is 0 Å². The van der Waals surface area contributed by atoms with E-state index in [0.29, 0.717) is 15.8 Å². The molecule has 0 saturated carbocycles. The molecule has 0 bridgehead atoms. The maximum atomic E-state index is 10.6. The molecule has 2 aliphatic rings. The maximum absolute atomic E-state index is 10.6. The summed E-state index contributed by atoms with van der Waals surface area (Å²) in [4.78, 5) is 0. The Morgan fingerprint density at radius 2 is 2.08 bits per heavy atom. The molecule has 0 saturated heterocycles. The predicted molar refractivity (Wildman–Crippen MR) is 97.5 cm³/mol. The van der Waals surface area contributed by atoms with Gasteiger partial charge in [-0.2, -0.15) is 0 Å². The quantitative estimate of drug-likeness (QED) is 0.690. The number of aromatic hydroxyl groups is 1. The van der Waals surface area contributed by atoms with Gasteiger partial charge in [0.2, 0.25) is 0 Å². The molecule has 3 unspecified atom stereocenters. The number of benzene rings is 2. The van der Waals surface area contributed by atoms with Crippen LogP contribution in [0.2, 0.25) is 10.0 Å². The van der Waals surface area contributed by atoms with E-state index in [1.54, 1.807) is 19.2 Å². The van der Waals surface area contributed by atoms with E-state index in [1.807, 2.05) is 18.2 Å². The predicted octanol–water partition coefficient (Wildman–Crippen LogP) is 5.53. The number of hydrogen-bond donors (Lipinski definition) is 2. The minimum absolute atomic E-state index is 0.0397. The molecule has 0 aromatic heterocycles. The van der Waals surface area contributed by atoms with Crippen molar-refractivity contribution in [2.45, 2.75) is 18.4 Å². The van der Waals surface area contributed by atoms with Crippen LogP contribution in [0.3, 0.4) is 0 Å². The van der Waals surface area contributed by atoms with Crippen LogP contribution in [0.4, 0.5) is 5.69 Å². The summed E-state index contributed by atoms with van der Waals surface area (Å²) in [5.74, 6) is 1.15. The van der Waals surface area contributed by atoms with Gasteiger partial charge in [0.25, 0.3) is 0 Å². The molecule has 0 radical (unpaired) electrons. The van der Waals surface area contributed by atoms with Crippen molar-refractivity contribution >= 4 is 28.9 Å². The van der Waals surface area contributed by atoms with Gasteiger partial charge in [-0.1, -0.05) is 47.5 Å². The van der Waals surface area contributed by atoms with E-state index in [-0.39, 0.29) is 23.6 Å². The summed E-state index contributed by atoms with van der Waals surface area (Å²) in [6.07, 6.45) is 5.31. The Balaban J connectivity index is 1.85. The second-order valence-electron chi connectivity index (χ2n) is 6.22. The number of fused-ring (bicyclic) bond motifs is 3. The van der Waals surface area contributed by atoms with E-state index in [4.69, 9.17) is 27.9 Å². The second-order valence-corrected chi connectivity index (χ2v) is 7.07. The highest BCUT2D eigenvalue weighted by atomic mass is 35.5. The van der Waals surface area contributed by atoms with Crippen molar-refractivity contribution in [3.05, 3.63) is 63.7 Å². The van der Waals surface area contributed by atoms with E-state index in [9.17, 15) is 5.11 Å². The molecule has 4 rings (SSSR count). The van der Waals surface area contributed by atoms with Gasteiger partial charge in [0, 0.05) is 32.8 Å². The maximum Gasteiger partial charge on any atom is 0.163 e. The Labute approximate surface area is 150 Å². The van der Waals surface area contributed by atoms with Gasteiger partial charge >= 0.3 is 0 Å². The molecule has 2 aromatic rings. The summed E-state index contributed by atoms with van der Waals surface area (Å²) in [7, 11) is 1.56. The van der Waals surface area contributed by atoms with E-state index in [1.165, 1.54) is 0 Å². The summed E-state index contributed by atoms with van der Waals surface area (Å²) >= 11 is 12.6. The fourth-order valence-electron chi connectivity index (χ4n) is 3.91. The number of para-hydroxylation sites is 1. The first kappa shape index (κ1) is 15.7. The third-order valence-electron chi connectivity index (χ3n) is 4.96. The van der Waals surface area contributed by atoms with Gasteiger partial charge < -0.3 is 15.2 Å². The van der Waals surface area contributed by atoms with Crippen LogP contribution in [0, 0.1) is 5.92 Å². The Kier molecular flexibility index (Phi) is 3.86. The standard InChI is InChI=1S/C19H17Cl2NO2/c1-24-16-7-3-6-13(19(16)23)18-12-5-2-4-11(12)17-14(21)8-10(20)9-15(17)22-18/h2-4,6-9,11-12,18,22-23H,5H2,1H3. The van der Waals surface area contributed by atoms with Crippen molar-refractivity contribution in [2.75, 3.05) is 12.4 Å². The van der Waals surface area contributed by atoms with Crippen LogP contribution in [-0.2, 0) is 0 Å². The molecule has 124 valence electrons. The van der Waals surface area contributed by atoms with Gasteiger partial charge in [0.15, 0.2) is 11.5 Å². The molecular formula is C19H17Cl2NO2. The SMILES string of the molecule is COc1cccc(C2Nc3cc(Cl)cc(Cl)c3C3C=CCC32)c1O. The zero-order chi connectivity index (χ0) is 16.8. The van der Waals surface area contributed by atoms with Crippen molar-refractivity contribution in [1.82, 2.24) is 0 Å². The van der Waals surface area contributed by atoms with Crippen molar-refractivity contribution in [2.24, 2.45) is 5.92 Å². The lowest BCUT2D eigenvalue weighted by Gasteiger charge is -2.38. The largest absolute Gasteiger partial charge is 0.504 e. The molecule has 1 heterocycles. The third kappa shape index (κ3) is 2.35. The Bertz CT molecular complexity index is 834. The Morgan fingerprint density at radius 1 is 1.25 bits per heavy atom. The minimum atomic E-state index is -0.0397. The second kappa shape index (κ2) is 5.91. The van der Waals surface area contributed by atoms with Crippen LogP contribution >= 0.6 is 23.2 Å². The van der Waals surface area contributed by atoms with Crippen LogP contribution in [0.1, 0.15) is 29.5 Å². The lowest BCUT2D eigenvalue weighted by Crippen LogP contribution is -2.29. The molecule has 2 aromatic carbocycles. The van der Waals surface area contributed by atoms with Crippen LogP contribution in [-0.4, -0.2) is 12.2 Å². The molecule has 1 aliphatic carbocycles. The van der Waals surface area contributed by atoms with Crippen molar-refractivity contribution in [3.63, 3.8) is 0 Å². The van der Waals surface area contributed by atoms with Crippen LogP contribution in [0.25, 0.3) is 0 Å². The normalized spacial score (nSPS) is 24.2. The van der Waals surface area contributed by atoms with Gasteiger partial charge in [0.05, 0.1) is 13.2 Å². The minimum Gasteiger partial charge on any atom is -0.504 e. The number of anilines is 1. The van der Waals surface area contributed by atoms with Crippen LogP contribution < -0.4 is 10.1 Å². The average Bonchev–Trinajstić information content (AvgIpc) is 3.03. The first-order valence-electron chi connectivity index (χ1n) is 7.88. The zero-order valence-corrected chi connectivity index (χ0v) is 14.6. The smallest absolute Gasteiger partial charge is 0.163 e. The first-order chi connectivity index (χ1) is 11.6. The fraction of sp³-hybridized carbons (Fsp3) is 0.263. The molecule has 5 heteroatoms. The topological polar surface area (TPSA) is 41.5 Å². The van der Waals surface area contributed by atoms with Gasteiger partial charge in [-0.15, -0.1) is 0 Å². The number of hydrogen-bond acceptors (Lipinski definition) is 3. The lowest BCUT2D eigenvalue weighted by molar-refractivity contribution is 0.358. The summed E-state index contributed by atoms with van der Waals surface area (Å²) < 4.78 is 5.26. The van der Waals surface area contributed by atoms with Gasteiger partial charge in [-0.25, -0.2) is 0 Å². The summed E-state index contributed by atoms with van der Waals surface area (Å²) in [6, 6.07) is 9.23. The van der Waals surface area contributed by atoms with E-state index >= 15 is 0 Å². The highest BCUT2D eigenvalue weighted by Gasteiger charge is 2.40. The molecule has 2 N–H and O–H groups in total. The highest BCUT2D eigenvalue weighted by molar-refractivity contribution is 6.35. The highest BCUT2D eigenvalue weighted by Crippen LogP contribution is 2.54. The Morgan fingerprint density at radius 3 is 2.88 bits per heavy atom. The molecule has 0 fully saturated rings. The van der Waals surface area contributed by atoms with E-state index < -0.39 is 0 Å². The monoisotopic (exact) mass is 361 g/mol. The van der Waals surface area contributed by atoms with E-state index in [0.717, 1.165) is 23.2 Å². The number of nitrogens with one attached hydrogen (secondary N) is 1. The molecule has 3 atom stereocenters. The summed E-state index contributed by atoms with van der Waals surface area (Å²) in [5.41, 5.74) is 2.83. The molecule has 0 spiro atoms. The van der Waals surface area contributed by atoms with Crippen LogP contribution in [0.5, 0.6) is 11.5 Å². The van der Waals surface area contributed by atoms with Gasteiger partial charge in [-0.05, 0) is 30.5 Å². The number of halogens is 2. The zero-order valence-electron chi connectivity index (χ0n) is 13.1. The number of rotatable bonds is 2. The lowest BCUT2D eigenvalue weighted by atomic mass is 9.76. The summed E-state index contributed by atoms with van der Waals surface area (Å²) in [5, 5.41) is 15.4. The number of allylic oxidation sites excluding steroid dienone is 2.